The Balaban J connectivity index is 2.18. The van der Waals surface area contributed by atoms with E-state index < -0.39 is 0 Å². The summed E-state index contributed by atoms with van der Waals surface area (Å²) in [5.41, 5.74) is 0. The maximum atomic E-state index is 9.52. The van der Waals surface area contributed by atoms with E-state index in [0.29, 0.717) is 5.33 Å². The summed E-state index contributed by atoms with van der Waals surface area (Å²) in [5, 5.41) is 10.2. The summed E-state index contributed by atoms with van der Waals surface area (Å²) < 4.78 is 0. The third kappa shape index (κ3) is 5.29. The van der Waals surface area contributed by atoms with Gasteiger partial charge in [0.25, 0.3) is 0 Å². The molecular formula is C11H23BrN2O. The van der Waals surface area contributed by atoms with Crippen molar-refractivity contribution in [2.45, 2.75) is 20.0 Å². The molecule has 15 heavy (non-hydrogen) atoms. The van der Waals surface area contributed by atoms with Crippen LogP contribution in [-0.2, 0) is 0 Å². The average molecular weight is 279 g/mol. The molecule has 0 spiro atoms. The van der Waals surface area contributed by atoms with Crippen molar-refractivity contribution in [3.05, 3.63) is 0 Å². The van der Waals surface area contributed by atoms with E-state index in [-0.39, 0.29) is 6.10 Å². The quantitative estimate of drug-likeness (QED) is 0.761. The maximum absolute atomic E-state index is 9.52. The Morgan fingerprint density at radius 3 is 1.93 bits per heavy atom. The molecule has 1 fully saturated rings. The van der Waals surface area contributed by atoms with Crippen molar-refractivity contribution in [1.29, 1.82) is 0 Å². The normalized spacial score (nSPS) is 22.2. The molecule has 0 aromatic heterocycles. The van der Waals surface area contributed by atoms with E-state index in [1.165, 1.54) is 6.54 Å². The first-order chi connectivity index (χ1) is 7.11. The highest BCUT2D eigenvalue weighted by Gasteiger charge is 2.18. The number of aliphatic hydroxyl groups is 1. The second-order valence-corrected chi connectivity index (χ2v) is 5.45. The Morgan fingerprint density at radius 1 is 1.07 bits per heavy atom. The van der Waals surface area contributed by atoms with Gasteiger partial charge in [-0.3, -0.25) is 4.90 Å². The predicted molar refractivity (Wildman–Crippen MR) is 67.5 cm³/mol. The Bertz CT molecular complexity index is 170. The van der Waals surface area contributed by atoms with Crippen molar-refractivity contribution in [2.24, 2.45) is 5.92 Å². The summed E-state index contributed by atoms with van der Waals surface area (Å²) >= 11 is 3.30. The topological polar surface area (TPSA) is 26.7 Å². The third-order valence-corrected chi connectivity index (χ3v) is 3.48. The van der Waals surface area contributed by atoms with Crippen LogP contribution in [0.2, 0.25) is 0 Å². The van der Waals surface area contributed by atoms with Crippen molar-refractivity contribution in [1.82, 2.24) is 9.80 Å². The Hall–Kier alpha value is 0.360. The van der Waals surface area contributed by atoms with E-state index in [1.54, 1.807) is 0 Å². The molecule has 1 aliphatic rings. The molecular weight excluding hydrogens is 256 g/mol. The molecule has 0 saturated carbocycles. The van der Waals surface area contributed by atoms with Crippen molar-refractivity contribution < 1.29 is 5.11 Å². The molecule has 1 heterocycles. The minimum absolute atomic E-state index is 0.221. The molecule has 0 radical (unpaired) electrons. The zero-order valence-electron chi connectivity index (χ0n) is 9.82. The van der Waals surface area contributed by atoms with Gasteiger partial charge >= 0.3 is 0 Å². The molecule has 1 aliphatic heterocycles. The molecule has 0 amide bonds. The van der Waals surface area contributed by atoms with E-state index in [2.05, 4.69) is 39.6 Å². The van der Waals surface area contributed by atoms with Gasteiger partial charge in [-0.25, -0.2) is 0 Å². The number of hydrogen-bond acceptors (Lipinski definition) is 3. The van der Waals surface area contributed by atoms with Crippen LogP contribution < -0.4 is 0 Å². The van der Waals surface area contributed by atoms with Crippen LogP contribution in [0.25, 0.3) is 0 Å². The molecule has 1 rings (SSSR count). The lowest BCUT2D eigenvalue weighted by atomic mass is 10.2. The largest absolute Gasteiger partial charge is 0.391 e. The van der Waals surface area contributed by atoms with Crippen LogP contribution in [0.1, 0.15) is 13.8 Å². The van der Waals surface area contributed by atoms with Crippen molar-refractivity contribution in [3.8, 4) is 0 Å². The summed E-state index contributed by atoms with van der Waals surface area (Å²) in [5.74, 6) is 0.754. The van der Waals surface area contributed by atoms with E-state index in [0.717, 1.165) is 38.6 Å². The van der Waals surface area contributed by atoms with Gasteiger partial charge in [-0.05, 0) is 5.92 Å². The first-order valence-electron chi connectivity index (χ1n) is 5.80. The van der Waals surface area contributed by atoms with Gasteiger partial charge in [0.1, 0.15) is 0 Å². The first kappa shape index (κ1) is 13.4. The Kier molecular flexibility index (Phi) is 6.12. The lowest BCUT2D eigenvalue weighted by Gasteiger charge is -2.36. The molecule has 0 aliphatic carbocycles. The van der Waals surface area contributed by atoms with Gasteiger partial charge in [-0.1, -0.05) is 29.8 Å². The van der Waals surface area contributed by atoms with Gasteiger partial charge in [-0.2, -0.15) is 0 Å². The highest BCUT2D eigenvalue weighted by Crippen LogP contribution is 2.06. The number of halogens is 1. The van der Waals surface area contributed by atoms with E-state index in [1.807, 2.05) is 0 Å². The molecule has 0 aromatic rings. The molecule has 3 nitrogen and oxygen atoms in total. The fourth-order valence-corrected chi connectivity index (χ4v) is 2.22. The fourth-order valence-electron chi connectivity index (χ4n) is 2.02. The van der Waals surface area contributed by atoms with Crippen molar-refractivity contribution >= 4 is 15.9 Å². The second-order valence-electron chi connectivity index (χ2n) is 4.80. The summed E-state index contributed by atoms with van der Waals surface area (Å²) in [6.45, 7) is 11.0. The fraction of sp³-hybridized carbons (Fsp3) is 1.00. The van der Waals surface area contributed by atoms with Crippen LogP contribution in [0.15, 0.2) is 0 Å². The van der Waals surface area contributed by atoms with Crippen LogP contribution in [0, 0.1) is 5.92 Å². The lowest BCUT2D eigenvalue weighted by Crippen LogP contribution is -2.49. The third-order valence-electron chi connectivity index (χ3n) is 2.74. The van der Waals surface area contributed by atoms with Crippen molar-refractivity contribution in [3.63, 3.8) is 0 Å². The number of β-amino-alcohol motifs (C(OH)–C–C–N with tert-alkyl or cyclic N) is 1. The van der Waals surface area contributed by atoms with Gasteiger partial charge in [0.15, 0.2) is 0 Å². The van der Waals surface area contributed by atoms with Crippen LogP contribution in [0.3, 0.4) is 0 Å². The number of piperazine rings is 1. The number of hydrogen-bond donors (Lipinski definition) is 1. The predicted octanol–water partition coefficient (Wildman–Crippen LogP) is 1.02. The standard InChI is InChI=1S/C11H23BrN2O/c1-10(2)8-13-3-5-14(6-4-13)9-11(15)7-12/h10-11,15H,3-9H2,1-2H3. The monoisotopic (exact) mass is 278 g/mol. The number of nitrogens with zero attached hydrogens (tertiary/aromatic N) is 2. The van der Waals surface area contributed by atoms with Gasteiger partial charge in [0, 0.05) is 44.6 Å². The highest BCUT2D eigenvalue weighted by molar-refractivity contribution is 9.09. The second kappa shape index (κ2) is 6.84. The maximum Gasteiger partial charge on any atom is 0.0763 e. The van der Waals surface area contributed by atoms with Gasteiger partial charge in [-0.15, -0.1) is 0 Å². The molecule has 1 N–H and O–H groups in total. The van der Waals surface area contributed by atoms with E-state index in [4.69, 9.17) is 0 Å². The van der Waals surface area contributed by atoms with Crippen LogP contribution in [0.4, 0.5) is 0 Å². The molecule has 1 unspecified atom stereocenters. The summed E-state index contributed by atoms with van der Waals surface area (Å²) in [6, 6.07) is 0. The van der Waals surface area contributed by atoms with Crippen LogP contribution in [-0.4, -0.2) is 65.6 Å². The van der Waals surface area contributed by atoms with Gasteiger partial charge < -0.3 is 10.0 Å². The summed E-state index contributed by atoms with van der Waals surface area (Å²) in [7, 11) is 0. The van der Waals surface area contributed by atoms with E-state index >= 15 is 0 Å². The molecule has 0 bridgehead atoms. The lowest BCUT2D eigenvalue weighted by molar-refractivity contribution is 0.0785. The van der Waals surface area contributed by atoms with Gasteiger partial charge in [0.05, 0.1) is 6.10 Å². The zero-order valence-corrected chi connectivity index (χ0v) is 11.4. The highest BCUT2D eigenvalue weighted by atomic mass is 79.9. The van der Waals surface area contributed by atoms with E-state index in [9.17, 15) is 5.11 Å². The average Bonchev–Trinajstić information content (AvgIpc) is 2.20. The first-order valence-corrected chi connectivity index (χ1v) is 6.92. The summed E-state index contributed by atoms with van der Waals surface area (Å²) in [6.07, 6.45) is -0.221. The Morgan fingerprint density at radius 2 is 1.53 bits per heavy atom. The number of rotatable bonds is 5. The minimum Gasteiger partial charge on any atom is -0.391 e. The zero-order chi connectivity index (χ0) is 11.3. The Labute approximate surface area is 102 Å². The van der Waals surface area contributed by atoms with Crippen LogP contribution >= 0.6 is 15.9 Å². The SMILES string of the molecule is CC(C)CN1CCN(CC(O)CBr)CC1. The molecule has 0 aromatic carbocycles. The summed E-state index contributed by atoms with van der Waals surface area (Å²) in [4.78, 5) is 4.87. The number of aliphatic hydroxyl groups excluding tert-OH is 1. The molecule has 1 saturated heterocycles. The minimum atomic E-state index is -0.221. The van der Waals surface area contributed by atoms with Crippen molar-refractivity contribution in [2.75, 3.05) is 44.6 Å². The van der Waals surface area contributed by atoms with Crippen LogP contribution in [0.5, 0.6) is 0 Å². The molecule has 1 atom stereocenters. The number of alkyl halides is 1. The smallest absolute Gasteiger partial charge is 0.0763 e. The molecule has 4 heteroatoms. The molecule has 90 valence electrons. The van der Waals surface area contributed by atoms with Gasteiger partial charge in [0.2, 0.25) is 0 Å².